The van der Waals surface area contributed by atoms with Gasteiger partial charge in [-0.2, -0.15) is 10.4 Å². The van der Waals surface area contributed by atoms with Gasteiger partial charge in [-0.3, -0.25) is 9.40 Å². The Morgan fingerprint density at radius 3 is 3.06 bits per heavy atom. The fraction of sp³-hybridized carbons (Fsp3) is 0.500. The molecule has 0 saturated carbocycles. The van der Waals surface area contributed by atoms with Gasteiger partial charge in [0, 0.05) is 13.3 Å². The highest BCUT2D eigenvalue weighted by Gasteiger charge is 2.10. The zero-order valence-corrected chi connectivity index (χ0v) is 9.57. The van der Waals surface area contributed by atoms with Gasteiger partial charge < -0.3 is 4.74 Å². The first-order valence-electron chi connectivity index (χ1n) is 4.46. The van der Waals surface area contributed by atoms with E-state index in [1.807, 2.05) is 0 Å². The number of rotatable bonds is 6. The van der Waals surface area contributed by atoms with Crippen LogP contribution in [-0.4, -0.2) is 37.7 Å². The van der Waals surface area contributed by atoms with Crippen molar-refractivity contribution in [3.05, 3.63) is 12.4 Å². The number of nitriles is 1. The molecule has 1 aromatic rings. The molecule has 0 fully saturated rings. The number of sulfonamides is 1. The molecule has 0 unspecified atom stereocenters. The standard InChI is InChI=1S/C8H12N4O3S/c1-15-4-3-12-7-8(6-10-12)11-16(13,14)5-2-9/h6-7,11H,3-5H2,1H3. The second-order valence-electron chi connectivity index (χ2n) is 3.00. The summed E-state index contributed by atoms with van der Waals surface area (Å²) in [7, 11) is -2.02. The van der Waals surface area contributed by atoms with Crippen molar-refractivity contribution in [2.75, 3.05) is 24.2 Å². The van der Waals surface area contributed by atoms with E-state index in [1.54, 1.807) is 17.9 Å². The van der Waals surface area contributed by atoms with E-state index in [4.69, 9.17) is 10.00 Å². The van der Waals surface area contributed by atoms with Crippen LogP contribution in [0.15, 0.2) is 12.4 Å². The molecule has 1 aromatic heterocycles. The highest BCUT2D eigenvalue weighted by molar-refractivity contribution is 7.92. The first kappa shape index (κ1) is 12.5. The lowest BCUT2D eigenvalue weighted by Crippen LogP contribution is -2.15. The van der Waals surface area contributed by atoms with Crippen molar-refractivity contribution in [2.24, 2.45) is 0 Å². The Bertz CT molecular complexity index is 474. The Balaban J connectivity index is 2.62. The zero-order valence-electron chi connectivity index (χ0n) is 8.75. The molecular weight excluding hydrogens is 232 g/mol. The van der Waals surface area contributed by atoms with E-state index in [-0.39, 0.29) is 0 Å². The fourth-order valence-corrected chi connectivity index (χ4v) is 1.73. The number of anilines is 1. The van der Waals surface area contributed by atoms with Crippen LogP contribution in [0.4, 0.5) is 5.69 Å². The SMILES string of the molecule is COCCn1cc(NS(=O)(=O)CC#N)cn1. The van der Waals surface area contributed by atoms with E-state index < -0.39 is 15.8 Å². The number of aromatic nitrogens is 2. The van der Waals surface area contributed by atoms with Crippen LogP contribution >= 0.6 is 0 Å². The van der Waals surface area contributed by atoms with Crippen molar-refractivity contribution < 1.29 is 13.2 Å². The second kappa shape index (κ2) is 5.48. The molecule has 0 aromatic carbocycles. The lowest BCUT2D eigenvalue weighted by Gasteiger charge is -2.01. The molecule has 0 aliphatic heterocycles. The Kier molecular flexibility index (Phi) is 4.28. The molecule has 88 valence electrons. The van der Waals surface area contributed by atoms with Gasteiger partial charge >= 0.3 is 0 Å². The topological polar surface area (TPSA) is 97.0 Å². The lowest BCUT2D eigenvalue weighted by atomic mass is 10.6. The summed E-state index contributed by atoms with van der Waals surface area (Å²) in [6.07, 6.45) is 2.92. The molecular formula is C8H12N4O3S. The third-order valence-electron chi connectivity index (χ3n) is 1.69. The molecule has 0 bridgehead atoms. The summed E-state index contributed by atoms with van der Waals surface area (Å²) in [5, 5.41) is 12.2. The number of nitrogens with one attached hydrogen (secondary N) is 1. The quantitative estimate of drug-likeness (QED) is 0.747. The summed E-state index contributed by atoms with van der Waals surface area (Å²) >= 11 is 0. The smallest absolute Gasteiger partial charge is 0.246 e. The summed E-state index contributed by atoms with van der Waals surface area (Å²) in [6.45, 7) is 1.03. The zero-order chi connectivity index (χ0) is 12.0. The summed E-state index contributed by atoms with van der Waals surface area (Å²) in [6, 6.07) is 1.57. The Morgan fingerprint density at radius 1 is 1.69 bits per heavy atom. The molecule has 0 saturated heterocycles. The first-order valence-corrected chi connectivity index (χ1v) is 6.11. The Labute approximate surface area is 93.7 Å². The molecule has 16 heavy (non-hydrogen) atoms. The highest BCUT2D eigenvalue weighted by atomic mass is 32.2. The molecule has 0 aliphatic carbocycles. The maximum absolute atomic E-state index is 11.2. The lowest BCUT2D eigenvalue weighted by molar-refractivity contribution is 0.183. The van der Waals surface area contributed by atoms with E-state index in [2.05, 4.69) is 9.82 Å². The minimum Gasteiger partial charge on any atom is -0.383 e. The minimum absolute atomic E-state index is 0.339. The van der Waals surface area contributed by atoms with E-state index in [1.165, 1.54) is 12.4 Å². The third-order valence-corrected chi connectivity index (χ3v) is 2.74. The number of nitrogens with zero attached hydrogens (tertiary/aromatic N) is 3. The van der Waals surface area contributed by atoms with Crippen molar-refractivity contribution in [3.63, 3.8) is 0 Å². The average molecular weight is 244 g/mol. The van der Waals surface area contributed by atoms with Gasteiger partial charge in [-0.25, -0.2) is 8.42 Å². The van der Waals surface area contributed by atoms with Crippen LogP contribution in [0, 0.1) is 11.3 Å². The Morgan fingerprint density at radius 2 is 2.44 bits per heavy atom. The molecule has 0 spiro atoms. The van der Waals surface area contributed by atoms with Gasteiger partial charge in [0.1, 0.15) is 0 Å². The molecule has 0 atom stereocenters. The molecule has 1 heterocycles. The number of hydrogen-bond donors (Lipinski definition) is 1. The monoisotopic (exact) mass is 244 g/mol. The van der Waals surface area contributed by atoms with Gasteiger partial charge in [-0.1, -0.05) is 0 Å². The summed E-state index contributed by atoms with van der Waals surface area (Å²) in [4.78, 5) is 0. The van der Waals surface area contributed by atoms with Crippen LogP contribution in [0.1, 0.15) is 0 Å². The first-order chi connectivity index (χ1) is 7.57. The average Bonchev–Trinajstić information content (AvgIpc) is 2.61. The van der Waals surface area contributed by atoms with Crippen molar-refractivity contribution in [1.82, 2.24) is 9.78 Å². The Hall–Kier alpha value is -1.59. The molecule has 1 N–H and O–H groups in total. The molecule has 0 radical (unpaired) electrons. The molecule has 0 amide bonds. The van der Waals surface area contributed by atoms with E-state index in [0.717, 1.165) is 0 Å². The predicted octanol–water partition coefficient (Wildman–Crippen LogP) is -0.205. The van der Waals surface area contributed by atoms with Crippen molar-refractivity contribution >= 4 is 15.7 Å². The predicted molar refractivity (Wildman–Crippen MR) is 57.1 cm³/mol. The van der Waals surface area contributed by atoms with Crippen LogP contribution < -0.4 is 4.72 Å². The van der Waals surface area contributed by atoms with Gasteiger partial charge in [0.25, 0.3) is 0 Å². The van der Waals surface area contributed by atoms with Gasteiger partial charge in [0.05, 0.1) is 31.1 Å². The van der Waals surface area contributed by atoms with E-state index in [9.17, 15) is 8.42 Å². The van der Waals surface area contributed by atoms with Gasteiger partial charge in [0.2, 0.25) is 10.0 Å². The van der Waals surface area contributed by atoms with Gasteiger partial charge in [-0.15, -0.1) is 0 Å². The summed E-state index contributed by atoms with van der Waals surface area (Å²) in [5.74, 6) is -0.573. The van der Waals surface area contributed by atoms with Crippen LogP contribution in [-0.2, 0) is 21.3 Å². The second-order valence-corrected chi connectivity index (χ2v) is 4.73. The fourth-order valence-electron chi connectivity index (χ4n) is 1.02. The maximum Gasteiger partial charge on any atom is 0.246 e. The normalized spacial score (nSPS) is 11.0. The van der Waals surface area contributed by atoms with Crippen LogP contribution in [0.25, 0.3) is 0 Å². The summed E-state index contributed by atoms with van der Waals surface area (Å²) < 4.78 is 31.1. The van der Waals surface area contributed by atoms with Crippen molar-refractivity contribution in [1.29, 1.82) is 5.26 Å². The summed E-state index contributed by atoms with van der Waals surface area (Å²) in [5.41, 5.74) is 0.339. The van der Waals surface area contributed by atoms with Crippen LogP contribution in [0.5, 0.6) is 0 Å². The van der Waals surface area contributed by atoms with Crippen molar-refractivity contribution in [3.8, 4) is 6.07 Å². The van der Waals surface area contributed by atoms with Crippen LogP contribution in [0.3, 0.4) is 0 Å². The van der Waals surface area contributed by atoms with E-state index in [0.29, 0.717) is 18.8 Å². The van der Waals surface area contributed by atoms with Crippen LogP contribution in [0.2, 0.25) is 0 Å². The molecule has 0 aliphatic rings. The number of ether oxygens (including phenoxy) is 1. The molecule has 8 heteroatoms. The van der Waals surface area contributed by atoms with Crippen molar-refractivity contribution in [2.45, 2.75) is 6.54 Å². The van der Waals surface area contributed by atoms with Gasteiger partial charge in [0.15, 0.2) is 5.75 Å². The largest absolute Gasteiger partial charge is 0.383 e. The van der Waals surface area contributed by atoms with Gasteiger partial charge in [-0.05, 0) is 0 Å². The third kappa shape index (κ3) is 3.88. The van der Waals surface area contributed by atoms with E-state index >= 15 is 0 Å². The minimum atomic E-state index is -3.59. The number of hydrogen-bond acceptors (Lipinski definition) is 5. The maximum atomic E-state index is 11.2. The number of methoxy groups -OCH3 is 1. The molecule has 1 rings (SSSR count). The highest BCUT2D eigenvalue weighted by Crippen LogP contribution is 2.07. The molecule has 7 nitrogen and oxygen atoms in total.